The first kappa shape index (κ1) is 16.1. The summed E-state index contributed by atoms with van der Waals surface area (Å²) in [5, 5.41) is 9.49. The van der Waals surface area contributed by atoms with E-state index >= 15 is 0 Å². The van der Waals surface area contributed by atoms with Gasteiger partial charge in [0.1, 0.15) is 0 Å². The van der Waals surface area contributed by atoms with Crippen LogP contribution in [0, 0.1) is 0 Å². The Morgan fingerprint density at radius 1 is 1.42 bits per heavy atom. The first-order valence-electron chi connectivity index (χ1n) is 5.82. The summed E-state index contributed by atoms with van der Waals surface area (Å²) in [4.78, 5) is 0. The van der Waals surface area contributed by atoms with Crippen LogP contribution in [0.5, 0.6) is 5.75 Å². The normalized spacial score (nSPS) is 15.5. The van der Waals surface area contributed by atoms with E-state index in [0.29, 0.717) is 16.7 Å². The molecule has 0 aliphatic heterocycles. The first-order chi connectivity index (χ1) is 8.99. The summed E-state index contributed by atoms with van der Waals surface area (Å²) in [5.74, 6) is 0.620. The quantitative estimate of drug-likeness (QED) is 0.408. The molecule has 2 unspecified atom stereocenters. The van der Waals surface area contributed by atoms with Crippen LogP contribution in [0.1, 0.15) is 0 Å². The number of ether oxygens (including phenoxy) is 2. The van der Waals surface area contributed by atoms with Crippen LogP contribution < -0.4 is 9.09 Å². The summed E-state index contributed by atoms with van der Waals surface area (Å²) in [6.45, 7) is 3.81. The van der Waals surface area contributed by atoms with Gasteiger partial charge in [0.2, 0.25) is 0 Å². The molecule has 0 saturated heterocycles. The summed E-state index contributed by atoms with van der Waals surface area (Å²) in [5.41, 5.74) is 0. The fourth-order valence-corrected chi connectivity index (χ4v) is 4.70. The molecule has 0 saturated carbocycles. The maximum atomic E-state index is 12.2. The molecule has 6 heteroatoms. The van der Waals surface area contributed by atoms with Crippen LogP contribution in [0.3, 0.4) is 0 Å². The van der Waals surface area contributed by atoms with Crippen LogP contribution >= 0.6 is 0 Å². The van der Waals surface area contributed by atoms with Crippen molar-refractivity contribution < 1.29 is 22.4 Å². The summed E-state index contributed by atoms with van der Waals surface area (Å²) in [6.07, 6.45) is 0.594. The van der Waals surface area contributed by atoms with Gasteiger partial charge in [-0.1, -0.05) is 0 Å². The molecule has 0 radical (unpaired) electrons. The molecule has 5 nitrogen and oxygen atoms in total. The minimum atomic E-state index is -4.27. The number of benzene rings is 1. The Balaban J connectivity index is 2.63. The van der Waals surface area contributed by atoms with E-state index in [1.54, 1.807) is 30.3 Å². The van der Waals surface area contributed by atoms with Gasteiger partial charge in [-0.3, -0.25) is 0 Å². The van der Waals surface area contributed by atoms with E-state index in [1.165, 1.54) is 7.11 Å². The topological polar surface area (TPSA) is 76.0 Å². The van der Waals surface area contributed by atoms with Crippen molar-refractivity contribution in [3.8, 4) is 5.75 Å². The second-order valence-corrected chi connectivity index (χ2v) is 8.86. The van der Waals surface area contributed by atoms with Crippen molar-refractivity contribution >= 4 is 18.2 Å². The number of hydrogen-bond donors (Lipinski definition) is 2. The molecule has 19 heavy (non-hydrogen) atoms. The van der Waals surface area contributed by atoms with E-state index in [-0.39, 0.29) is 11.8 Å². The van der Waals surface area contributed by atoms with E-state index in [4.69, 9.17) is 9.47 Å². The molecule has 2 N–H and O–H groups in total. The standard InChI is InChI=1S/C13H19AsO5/c1-3-8-19-10-12(15)9-14(16,17)11-4-6-13(18-2)7-5-11/h3-7,12,15H,1,8-10H2,2H3,(H,16,17). The Kier molecular flexibility index (Phi) is 6.38. The molecule has 1 aromatic carbocycles. The number of aliphatic hydroxyl groups is 1. The molecular weight excluding hydrogens is 311 g/mol. The van der Waals surface area contributed by atoms with E-state index in [1.807, 2.05) is 0 Å². The molecule has 0 aromatic heterocycles. The van der Waals surface area contributed by atoms with Gasteiger partial charge < -0.3 is 0 Å². The molecule has 0 heterocycles. The van der Waals surface area contributed by atoms with Gasteiger partial charge in [0.15, 0.2) is 0 Å². The molecule has 0 fully saturated rings. The average molecular weight is 330 g/mol. The summed E-state index contributed by atoms with van der Waals surface area (Å²) >= 11 is -4.27. The van der Waals surface area contributed by atoms with Crippen molar-refractivity contribution in [1.82, 2.24) is 0 Å². The van der Waals surface area contributed by atoms with Crippen molar-refractivity contribution in [3.63, 3.8) is 0 Å². The Morgan fingerprint density at radius 3 is 2.58 bits per heavy atom. The first-order valence-corrected chi connectivity index (χ1v) is 9.70. The van der Waals surface area contributed by atoms with Gasteiger partial charge in [0.05, 0.1) is 0 Å². The van der Waals surface area contributed by atoms with Crippen molar-refractivity contribution in [2.24, 2.45) is 0 Å². The Bertz CT molecular complexity index is 443. The van der Waals surface area contributed by atoms with Crippen molar-refractivity contribution in [2.75, 3.05) is 20.3 Å². The second kappa shape index (κ2) is 7.55. The molecule has 1 rings (SSSR count). The van der Waals surface area contributed by atoms with Crippen LogP contribution in [0.2, 0.25) is 5.21 Å². The van der Waals surface area contributed by atoms with Crippen LogP contribution in [-0.4, -0.2) is 49.5 Å². The molecule has 2 atom stereocenters. The van der Waals surface area contributed by atoms with Crippen LogP contribution in [0.15, 0.2) is 36.9 Å². The van der Waals surface area contributed by atoms with E-state index in [9.17, 15) is 12.9 Å². The third-order valence-electron chi connectivity index (χ3n) is 2.48. The van der Waals surface area contributed by atoms with Gasteiger partial charge in [-0.25, -0.2) is 0 Å². The average Bonchev–Trinajstić information content (AvgIpc) is 2.38. The zero-order valence-corrected chi connectivity index (χ0v) is 12.7. The minimum absolute atomic E-state index is 0.0219. The monoisotopic (exact) mass is 330 g/mol. The molecule has 106 valence electrons. The zero-order chi connectivity index (χ0) is 14.3. The Labute approximate surface area is 115 Å². The second-order valence-electron chi connectivity index (χ2n) is 4.06. The number of rotatable bonds is 8. The van der Waals surface area contributed by atoms with Gasteiger partial charge in [0, 0.05) is 0 Å². The van der Waals surface area contributed by atoms with E-state index in [2.05, 4.69) is 6.58 Å². The van der Waals surface area contributed by atoms with E-state index in [0.717, 1.165) is 0 Å². The number of methoxy groups -OCH3 is 1. The predicted molar refractivity (Wildman–Crippen MR) is 73.1 cm³/mol. The van der Waals surface area contributed by atoms with Crippen LogP contribution in [-0.2, 0) is 8.48 Å². The fourth-order valence-electron chi connectivity index (χ4n) is 1.55. The predicted octanol–water partition coefficient (Wildman–Crippen LogP) is 0.331. The van der Waals surface area contributed by atoms with Gasteiger partial charge in [-0.05, 0) is 0 Å². The number of hydrogen-bond acceptors (Lipinski definition) is 4. The zero-order valence-electron chi connectivity index (χ0n) is 10.9. The maximum absolute atomic E-state index is 12.2. The number of aliphatic hydroxyl groups excluding tert-OH is 1. The van der Waals surface area contributed by atoms with Crippen molar-refractivity contribution in [1.29, 1.82) is 0 Å². The van der Waals surface area contributed by atoms with Gasteiger partial charge >= 0.3 is 115 Å². The third kappa shape index (κ3) is 5.25. The van der Waals surface area contributed by atoms with Crippen LogP contribution in [0.25, 0.3) is 0 Å². The molecule has 1 aromatic rings. The van der Waals surface area contributed by atoms with Crippen LogP contribution in [0.4, 0.5) is 0 Å². The molecule has 0 bridgehead atoms. The molecule has 0 amide bonds. The third-order valence-corrected chi connectivity index (χ3v) is 6.72. The van der Waals surface area contributed by atoms with Gasteiger partial charge in [-0.2, -0.15) is 0 Å². The fraction of sp³-hybridized carbons (Fsp3) is 0.385. The SMILES string of the molecule is C=CCOCC(O)C[As](=O)(O)c1ccc(OC)cc1. The summed E-state index contributed by atoms with van der Waals surface area (Å²) in [6, 6.07) is 6.35. The van der Waals surface area contributed by atoms with E-state index < -0.39 is 19.9 Å². The van der Waals surface area contributed by atoms with Gasteiger partial charge in [0.25, 0.3) is 0 Å². The molecule has 0 spiro atoms. The molecular formula is C13H19AsO5. The Hall–Kier alpha value is -1.00. The van der Waals surface area contributed by atoms with Crippen molar-refractivity contribution in [2.45, 2.75) is 11.3 Å². The molecule has 0 aliphatic rings. The van der Waals surface area contributed by atoms with Crippen molar-refractivity contribution in [3.05, 3.63) is 36.9 Å². The van der Waals surface area contributed by atoms with Gasteiger partial charge in [-0.15, -0.1) is 0 Å². The summed E-state index contributed by atoms with van der Waals surface area (Å²) < 4.78 is 32.6. The Morgan fingerprint density at radius 2 is 2.05 bits per heavy atom. The summed E-state index contributed by atoms with van der Waals surface area (Å²) in [7, 11) is 1.53. The molecule has 0 aliphatic carbocycles.